The van der Waals surface area contributed by atoms with E-state index in [1.807, 2.05) is 17.0 Å². The number of carbonyl (C=O) groups excluding carboxylic acids is 2. The second-order valence-electron chi connectivity index (χ2n) is 6.37. The summed E-state index contributed by atoms with van der Waals surface area (Å²) in [5.41, 5.74) is -0.0569. The quantitative estimate of drug-likeness (QED) is 0.867. The van der Waals surface area contributed by atoms with Gasteiger partial charge in [0.15, 0.2) is 0 Å². The van der Waals surface area contributed by atoms with Gasteiger partial charge in [0.25, 0.3) is 0 Å². The molecule has 1 aliphatic rings. The zero-order valence-corrected chi connectivity index (χ0v) is 13.5. The lowest BCUT2D eigenvalue weighted by Crippen LogP contribution is -2.49. The molecule has 5 heteroatoms. The highest BCUT2D eigenvalue weighted by molar-refractivity contribution is 6.04. The van der Waals surface area contributed by atoms with Crippen LogP contribution in [-0.4, -0.2) is 34.8 Å². The van der Waals surface area contributed by atoms with Gasteiger partial charge in [-0.3, -0.25) is 14.6 Å². The van der Waals surface area contributed by atoms with E-state index in [0.29, 0.717) is 6.54 Å². The molecule has 0 radical (unpaired) electrons. The number of carbonyl (C=O) groups is 2. The van der Waals surface area contributed by atoms with Crippen LogP contribution in [0.3, 0.4) is 0 Å². The van der Waals surface area contributed by atoms with Crippen LogP contribution in [0.1, 0.15) is 45.1 Å². The molecule has 1 saturated heterocycles. The molecule has 1 N–H and O–H groups in total. The van der Waals surface area contributed by atoms with Crippen molar-refractivity contribution in [3.05, 3.63) is 30.1 Å². The highest BCUT2D eigenvalue weighted by atomic mass is 16.2. The van der Waals surface area contributed by atoms with Gasteiger partial charge in [0.05, 0.1) is 0 Å². The fourth-order valence-corrected chi connectivity index (χ4v) is 2.67. The fraction of sp³-hybridized carbons (Fsp3) is 0.588. The standard InChI is InChI=1S/C17H25N3O2/c1-17(2,16(22)20-11-5-3-4-6-12-20)15(21)19-13-14-7-9-18-10-8-14/h7-10H,3-6,11-13H2,1-2H3,(H,19,21). The third kappa shape index (κ3) is 4.06. The lowest BCUT2D eigenvalue weighted by atomic mass is 9.90. The van der Waals surface area contributed by atoms with Crippen molar-refractivity contribution in [2.75, 3.05) is 13.1 Å². The number of rotatable bonds is 4. The van der Waals surface area contributed by atoms with Crippen LogP contribution in [0.2, 0.25) is 0 Å². The van der Waals surface area contributed by atoms with Crippen LogP contribution in [-0.2, 0) is 16.1 Å². The fourth-order valence-electron chi connectivity index (χ4n) is 2.67. The third-order valence-corrected chi connectivity index (χ3v) is 4.20. The van der Waals surface area contributed by atoms with Crippen LogP contribution in [0.5, 0.6) is 0 Å². The summed E-state index contributed by atoms with van der Waals surface area (Å²) in [6.07, 6.45) is 7.77. The van der Waals surface area contributed by atoms with Gasteiger partial charge < -0.3 is 10.2 Å². The maximum Gasteiger partial charge on any atom is 0.237 e. The van der Waals surface area contributed by atoms with Crippen molar-refractivity contribution in [3.63, 3.8) is 0 Å². The molecular weight excluding hydrogens is 278 g/mol. The molecule has 1 aromatic heterocycles. The molecule has 0 aliphatic carbocycles. The predicted molar refractivity (Wildman–Crippen MR) is 84.9 cm³/mol. The molecule has 5 nitrogen and oxygen atoms in total. The Balaban J connectivity index is 1.95. The summed E-state index contributed by atoms with van der Waals surface area (Å²) in [7, 11) is 0. The van der Waals surface area contributed by atoms with Gasteiger partial charge in [0.1, 0.15) is 5.41 Å². The molecule has 0 unspecified atom stereocenters. The maximum atomic E-state index is 12.7. The van der Waals surface area contributed by atoms with Gasteiger partial charge in [-0.1, -0.05) is 12.8 Å². The molecular formula is C17H25N3O2. The molecule has 2 heterocycles. The molecule has 0 atom stereocenters. The monoisotopic (exact) mass is 303 g/mol. The first kappa shape index (κ1) is 16.5. The van der Waals surface area contributed by atoms with Crippen LogP contribution < -0.4 is 5.32 Å². The van der Waals surface area contributed by atoms with E-state index in [1.165, 1.54) is 12.8 Å². The van der Waals surface area contributed by atoms with Crippen LogP contribution in [0.25, 0.3) is 0 Å². The Labute approximate surface area is 132 Å². The molecule has 1 aliphatic heterocycles. The number of pyridine rings is 1. The number of nitrogens with zero attached hydrogens (tertiary/aromatic N) is 2. The number of amides is 2. The van der Waals surface area contributed by atoms with E-state index in [2.05, 4.69) is 10.3 Å². The Hall–Kier alpha value is -1.91. The smallest absolute Gasteiger partial charge is 0.237 e. The van der Waals surface area contributed by atoms with Crippen molar-refractivity contribution in [1.29, 1.82) is 0 Å². The van der Waals surface area contributed by atoms with Crippen molar-refractivity contribution >= 4 is 11.8 Å². The molecule has 0 spiro atoms. The van der Waals surface area contributed by atoms with Crippen LogP contribution in [0, 0.1) is 5.41 Å². The number of hydrogen-bond donors (Lipinski definition) is 1. The van der Waals surface area contributed by atoms with E-state index in [1.54, 1.807) is 26.2 Å². The zero-order chi connectivity index (χ0) is 16.0. The summed E-state index contributed by atoms with van der Waals surface area (Å²) >= 11 is 0. The summed E-state index contributed by atoms with van der Waals surface area (Å²) in [4.78, 5) is 30.9. The first-order valence-corrected chi connectivity index (χ1v) is 7.98. The van der Waals surface area contributed by atoms with Gasteiger partial charge >= 0.3 is 0 Å². The normalized spacial score (nSPS) is 16.0. The molecule has 1 fully saturated rings. The lowest BCUT2D eigenvalue weighted by Gasteiger charge is -2.30. The molecule has 22 heavy (non-hydrogen) atoms. The van der Waals surface area contributed by atoms with Crippen molar-refractivity contribution in [1.82, 2.24) is 15.2 Å². The summed E-state index contributed by atoms with van der Waals surface area (Å²) in [5.74, 6) is -0.291. The predicted octanol–water partition coefficient (Wildman–Crippen LogP) is 2.13. The number of aromatic nitrogens is 1. The minimum atomic E-state index is -1.03. The molecule has 120 valence electrons. The summed E-state index contributed by atoms with van der Waals surface area (Å²) in [6, 6.07) is 3.70. The summed E-state index contributed by atoms with van der Waals surface area (Å²) in [5, 5.41) is 2.86. The second kappa shape index (κ2) is 7.38. The van der Waals surface area contributed by atoms with E-state index in [9.17, 15) is 9.59 Å². The van der Waals surface area contributed by atoms with E-state index in [4.69, 9.17) is 0 Å². The summed E-state index contributed by atoms with van der Waals surface area (Å²) in [6.45, 7) is 5.36. The maximum absolute atomic E-state index is 12.7. The average Bonchev–Trinajstić information content (AvgIpc) is 2.81. The molecule has 0 aromatic carbocycles. The SMILES string of the molecule is CC(C)(C(=O)NCc1ccncc1)C(=O)N1CCCCCC1. The lowest BCUT2D eigenvalue weighted by molar-refractivity contribution is -0.148. The van der Waals surface area contributed by atoms with E-state index in [-0.39, 0.29) is 11.8 Å². The van der Waals surface area contributed by atoms with Crippen molar-refractivity contribution in [2.24, 2.45) is 5.41 Å². The second-order valence-corrected chi connectivity index (χ2v) is 6.37. The molecule has 2 rings (SSSR count). The van der Waals surface area contributed by atoms with E-state index < -0.39 is 5.41 Å². The van der Waals surface area contributed by atoms with Crippen LogP contribution in [0.4, 0.5) is 0 Å². The van der Waals surface area contributed by atoms with Gasteiger partial charge in [-0.2, -0.15) is 0 Å². The Morgan fingerprint density at radius 1 is 1.14 bits per heavy atom. The van der Waals surface area contributed by atoms with Gasteiger partial charge in [-0.15, -0.1) is 0 Å². The van der Waals surface area contributed by atoms with Crippen molar-refractivity contribution < 1.29 is 9.59 Å². The van der Waals surface area contributed by atoms with E-state index >= 15 is 0 Å². The minimum Gasteiger partial charge on any atom is -0.351 e. The molecule has 1 aromatic rings. The third-order valence-electron chi connectivity index (χ3n) is 4.20. The number of nitrogens with one attached hydrogen (secondary N) is 1. The van der Waals surface area contributed by atoms with Crippen molar-refractivity contribution in [3.8, 4) is 0 Å². The van der Waals surface area contributed by atoms with Gasteiger partial charge in [-0.25, -0.2) is 0 Å². The van der Waals surface area contributed by atoms with Gasteiger partial charge in [0, 0.05) is 32.0 Å². The van der Waals surface area contributed by atoms with Crippen LogP contribution >= 0.6 is 0 Å². The largest absolute Gasteiger partial charge is 0.351 e. The summed E-state index contributed by atoms with van der Waals surface area (Å²) < 4.78 is 0. The molecule has 0 bridgehead atoms. The molecule has 0 saturated carbocycles. The van der Waals surface area contributed by atoms with Crippen molar-refractivity contribution in [2.45, 2.75) is 46.1 Å². The topological polar surface area (TPSA) is 62.3 Å². The highest BCUT2D eigenvalue weighted by Gasteiger charge is 2.38. The van der Waals surface area contributed by atoms with Crippen LogP contribution in [0.15, 0.2) is 24.5 Å². The number of hydrogen-bond acceptors (Lipinski definition) is 3. The van der Waals surface area contributed by atoms with Gasteiger partial charge in [-0.05, 0) is 44.4 Å². The Morgan fingerprint density at radius 2 is 1.73 bits per heavy atom. The first-order chi connectivity index (χ1) is 10.5. The van der Waals surface area contributed by atoms with E-state index in [0.717, 1.165) is 31.5 Å². The molecule has 2 amide bonds. The Morgan fingerprint density at radius 3 is 2.32 bits per heavy atom. The Bertz CT molecular complexity index is 506. The zero-order valence-electron chi connectivity index (χ0n) is 13.5. The average molecular weight is 303 g/mol. The minimum absolute atomic E-state index is 0.0679. The van der Waals surface area contributed by atoms with Gasteiger partial charge in [0.2, 0.25) is 11.8 Å². The number of likely N-dealkylation sites (tertiary alicyclic amines) is 1. The Kier molecular flexibility index (Phi) is 5.52. The highest BCUT2D eigenvalue weighted by Crippen LogP contribution is 2.22. The first-order valence-electron chi connectivity index (χ1n) is 7.98.